The SMILES string of the molecule is Cc1c(OC(F)F)ccc(F)c1C(=O)O. The molecule has 82 valence electrons. The highest BCUT2D eigenvalue weighted by Gasteiger charge is 2.18. The van der Waals surface area contributed by atoms with E-state index in [0.29, 0.717) is 0 Å². The van der Waals surface area contributed by atoms with Gasteiger partial charge in [-0.05, 0) is 19.1 Å². The molecule has 6 heteroatoms. The van der Waals surface area contributed by atoms with Gasteiger partial charge in [-0.3, -0.25) is 0 Å². The Kier molecular flexibility index (Phi) is 3.18. The maximum Gasteiger partial charge on any atom is 0.387 e. The van der Waals surface area contributed by atoms with Crippen LogP contribution in [0.1, 0.15) is 15.9 Å². The van der Waals surface area contributed by atoms with Crippen molar-refractivity contribution in [3.05, 3.63) is 29.1 Å². The normalized spacial score (nSPS) is 10.5. The first-order valence-corrected chi connectivity index (χ1v) is 3.90. The van der Waals surface area contributed by atoms with Crippen molar-refractivity contribution in [2.75, 3.05) is 0 Å². The molecule has 0 spiro atoms. The number of aromatic carboxylic acids is 1. The summed E-state index contributed by atoms with van der Waals surface area (Å²) in [7, 11) is 0. The second-order valence-corrected chi connectivity index (χ2v) is 2.73. The van der Waals surface area contributed by atoms with Crippen LogP contribution in [0.2, 0.25) is 0 Å². The Morgan fingerprint density at radius 2 is 2.07 bits per heavy atom. The number of halogens is 3. The van der Waals surface area contributed by atoms with E-state index in [1.807, 2.05) is 0 Å². The summed E-state index contributed by atoms with van der Waals surface area (Å²) >= 11 is 0. The Labute approximate surface area is 83.1 Å². The summed E-state index contributed by atoms with van der Waals surface area (Å²) in [6, 6.07) is 1.73. The number of rotatable bonds is 3. The molecule has 0 fully saturated rings. The molecule has 0 bridgehead atoms. The van der Waals surface area contributed by atoms with Gasteiger partial charge in [-0.25, -0.2) is 9.18 Å². The number of alkyl halides is 2. The lowest BCUT2D eigenvalue weighted by molar-refractivity contribution is -0.0504. The molecule has 3 nitrogen and oxygen atoms in total. The number of carboxylic acid groups (broad SMARTS) is 1. The van der Waals surface area contributed by atoms with E-state index in [2.05, 4.69) is 4.74 Å². The lowest BCUT2D eigenvalue weighted by Crippen LogP contribution is -2.09. The van der Waals surface area contributed by atoms with Crippen LogP contribution >= 0.6 is 0 Å². The molecule has 0 atom stereocenters. The van der Waals surface area contributed by atoms with Gasteiger partial charge < -0.3 is 9.84 Å². The molecule has 1 N–H and O–H groups in total. The van der Waals surface area contributed by atoms with Gasteiger partial charge in [0.2, 0.25) is 0 Å². The van der Waals surface area contributed by atoms with Crippen molar-refractivity contribution in [1.29, 1.82) is 0 Å². The molecule has 0 aliphatic rings. The van der Waals surface area contributed by atoms with Crippen molar-refractivity contribution >= 4 is 5.97 Å². The smallest absolute Gasteiger partial charge is 0.387 e. The summed E-state index contributed by atoms with van der Waals surface area (Å²) < 4.78 is 40.8. The third-order valence-corrected chi connectivity index (χ3v) is 1.79. The van der Waals surface area contributed by atoms with Gasteiger partial charge in [-0.2, -0.15) is 8.78 Å². The lowest BCUT2D eigenvalue weighted by Gasteiger charge is -2.10. The fourth-order valence-electron chi connectivity index (χ4n) is 1.15. The maximum atomic E-state index is 13.0. The molecule has 0 aliphatic carbocycles. The molecule has 0 amide bonds. The van der Waals surface area contributed by atoms with E-state index in [9.17, 15) is 18.0 Å². The van der Waals surface area contributed by atoms with Gasteiger partial charge in [0.15, 0.2) is 0 Å². The van der Waals surface area contributed by atoms with E-state index >= 15 is 0 Å². The number of hydrogen-bond donors (Lipinski definition) is 1. The average molecular weight is 220 g/mol. The van der Waals surface area contributed by atoms with E-state index in [1.165, 1.54) is 6.92 Å². The minimum Gasteiger partial charge on any atom is -0.478 e. The van der Waals surface area contributed by atoms with Crippen LogP contribution in [0.4, 0.5) is 13.2 Å². The van der Waals surface area contributed by atoms with Crippen molar-refractivity contribution in [3.8, 4) is 5.75 Å². The van der Waals surface area contributed by atoms with Crippen molar-refractivity contribution in [2.45, 2.75) is 13.5 Å². The van der Waals surface area contributed by atoms with Crippen LogP contribution in [0.25, 0.3) is 0 Å². The van der Waals surface area contributed by atoms with Gasteiger partial charge in [0.1, 0.15) is 17.1 Å². The summed E-state index contributed by atoms with van der Waals surface area (Å²) in [6.07, 6.45) is 0. The fourth-order valence-corrected chi connectivity index (χ4v) is 1.15. The first-order valence-electron chi connectivity index (χ1n) is 3.90. The molecule has 1 aromatic carbocycles. The largest absolute Gasteiger partial charge is 0.478 e. The number of hydrogen-bond acceptors (Lipinski definition) is 2. The highest BCUT2D eigenvalue weighted by Crippen LogP contribution is 2.25. The van der Waals surface area contributed by atoms with Crippen molar-refractivity contribution < 1.29 is 27.8 Å². The van der Waals surface area contributed by atoms with Crippen LogP contribution in [0.15, 0.2) is 12.1 Å². The molecule has 0 heterocycles. The molecular weight excluding hydrogens is 213 g/mol. The lowest BCUT2D eigenvalue weighted by atomic mass is 10.1. The zero-order chi connectivity index (χ0) is 11.6. The summed E-state index contributed by atoms with van der Waals surface area (Å²) in [5, 5.41) is 8.62. The quantitative estimate of drug-likeness (QED) is 0.850. The van der Waals surface area contributed by atoms with Crippen LogP contribution in [0.3, 0.4) is 0 Å². The van der Waals surface area contributed by atoms with E-state index in [1.54, 1.807) is 0 Å². The van der Waals surface area contributed by atoms with Crippen LogP contribution < -0.4 is 4.74 Å². The predicted molar refractivity (Wildman–Crippen MR) is 44.7 cm³/mol. The third-order valence-electron chi connectivity index (χ3n) is 1.79. The van der Waals surface area contributed by atoms with Gasteiger partial charge in [0.25, 0.3) is 0 Å². The number of carbonyl (C=O) groups is 1. The second-order valence-electron chi connectivity index (χ2n) is 2.73. The molecule has 0 aromatic heterocycles. The van der Waals surface area contributed by atoms with E-state index < -0.39 is 24.0 Å². The third kappa shape index (κ3) is 2.39. The summed E-state index contributed by atoms with van der Waals surface area (Å²) in [6.45, 7) is -1.87. The van der Waals surface area contributed by atoms with Crippen molar-refractivity contribution in [2.24, 2.45) is 0 Å². The topological polar surface area (TPSA) is 46.5 Å². The number of benzene rings is 1. The van der Waals surface area contributed by atoms with Gasteiger partial charge in [-0.15, -0.1) is 0 Å². The zero-order valence-corrected chi connectivity index (χ0v) is 7.63. The van der Waals surface area contributed by atoms with E-state index in [-0.39, 0.29) is 11.3 Å². The van der Waals surface area contributed by atoms with Crippen LogP contribution in [0, 0.1) is 12.7 Å². The maximum absolute atomic E-state index is 13.0. The zero-order valence-electron chi connectivity index (χ0n) is 7.63. The highest BCUT2D eigenvalue weighted by molar-refractivity contribution is 5.90. The summed E-state index contributed by atoms with van der Waals surface area (Å²) in [4.78, 5) is 10.6. The minimum atomic E-state index is -3.07. The van der Waals surface area contributed by atoms with Crippen LogP contribution in [0.5, 0.6) is 5.75 Å². The fraction of sp³-hybridized carbons (Fsp3) is 0.222. The standard InChI is InChI=1S/C9H7F3O3/c1-4-6(15-9(11)12)3-2-5(10)7(4)8(13)14/h2-3,9H,1H3,(H,13,14). The molecule has 0 saturated heterocycles. The molecule has 0 radical (unpaired) electrons. The Bertz CT molecular complexity index is 390. The monoisotopic (exact) mass is 220 g/mol. The molecule has 1 aromatic rings. The van der Waals surface area contributed by atoms with Crippen LogP contribution in [-0.2, 0) is 0 Å². The van der Waals surface area contributed by atoms with Gasteiger partial charge in [0.05, 0.1) is 0 Å². The van der Waals surface area contributed by atoms with E-state index in [0.717, 1.165) is 12.1 Å². The molecule has 15 heavy (non-hydrogen) atoms. The molecule has 0 unspecified atom stereocenters. The molecule has 0 aliphatic heterocycles. The first-order chi connectivity index (χ1) is 6.93. The second kappa shape index (κ2) is 4.20. The minimum absolute atomic E-state index is 0.164. The van der Waals surface area contributed by atoms with Crippen molar-refractivity contribution in [1.82, 2.24) is 0 Å². The van der Waals surface area contributed by atoms with Crippen LogP contribution in [-0.4, -0.2) is 17.7 Å². The Morgan fingerprint density at radius 3 is 2.53 bits per heavy atom. The number of carboxylic acids is 1. The van der Waals surface area contributed by atoms with Gasteiger partial charge in [-0.1, -0.05) is 0 Å². The Morgan fingerprint density at radius 1 is 1.47 bits per heavy atom. The van der Waals surface area contributed by atoms with Gasteiger partial charge in [0, 0.05) is 5.56 Å². The predicted octanol–water partition coefficient (Wildman–Crippen LogP) is 2.43. The molecule has 1 rings (SSSR count). The van der Waals surface area contributed by atoms with Crippen molar-refractivity contribution in [3.63, 3.8) is 0 Å². The summed E-state index contributed by atoms with van der Waals surface area (Å²) in [5.41, 5.74) is -0.823. The molecular formula is C9H7F3O3. The Balaban J connectivity index is 3.22. The summed E-state index contributed by atoms with van der Waals surface area (Å²) in [5.74, 6) is -2.85. The number of ether oxygens (including phenoxy) is 1. The van der Waals surface area contributed by atoms with Gasteiger partial charge >= 0.3 is 12.6 Å². The average Bonchev–Trinajstić information content (AvgIpc) is 2.09. The van der Waals surface area contributed by atoms with E-state index in [4.69, 9.17) is 5.11 Å². The highest BCUT2D eigenvalue weighted by atomic mass is 19.3. The molecule has 0 saturated carbocycles. The first kappa shape index (κ1) is 11.4. The Hall–Kier alpha value is -1.72.